The lowest BCUT2D eigenvalue weighted by atomic mass is 10.1. The van der Waals surface area contributed by atoms with Gasteiger partial charge in [-0.1, -0.05) is 6.07 Å². The summed E-state index contributed by atoms with van der Waals surface area (Å²) in [5.74, 6) is 0.515. The van der Waals surface area contributed by atoms with Crippen molar-refractivity contribution in [3.63, 3.8) is 0 Å². The predicted octanol–water partition coefficient (Wildman–Crippen LogP) is 3.23. The fraction of sp³-hybridized carbons (Fsp3) is 0.300. The lowest BCUT2D eigenvalue weighted by Crippen LogP contribution is -2.25. The molecule has 3 rings (SSSR count). The van der Waals surface area contributed by atoms with Gasteiger partial charge < -0.3 is 15.0 Å². The summed E-state index contributed by atoms with van der Waals surface area (Å²) in [5, 5.41) is 2.84. The van der Waals surface area contributed by atoms with Crippen LogP contribution in [-0.4, -0.2) is 25.0 Å². The van der Waals surface area contributed by atoms with Crippen molar-refractivity contribution in [3.8, 4) is 5.75 Å². The summed E-state index contributed by atoms with van der Waals surface area (Å²) in [5.41, 5.74) is 5.04. The van der Waals surface area contributed by atoms with Gasteiger partial charge >= 0.3 is 0 Å². The van der Waals surface area contributed by atoms with Crippen molar-refractivity contribution in [2.45, 2.75) is 27.2 Å². The summed E-state index contributed by atoms with van der Waals surface area (Å²) < 4.78 is 5.55. The van der Waals surface area contributed by atoms with Crippen LogP contribution < -0.4 is 15.0 Å². The Hall–Kier alpha value is -2.82. The molecule has 0 atom stereocenters. The quantitative estimate of drug-likeness (QED) is 0.931. The molecule has 1 aliphatic rings. The lowest BCUT2D eigenvalue weighted by molar-refractivity contribution is -0.118. The SMILES string of the molecule is CC(=O)N1CCc2cc(NC(=O)COc3ccc(C)c(C)c3)ccc21. The molecule has 0 aliphatic carbocycles. The molecule has 5 nitrogen and oxygen atoms in total. The number of ether oxygens (including phenoxy) is 1. The maximum Gasteiger partial charge on any atom is 0.262 e. The molecule has 1 heterocycles. The van der Waals surface area contributed by atoms with Crippen molar-refractivity contribution < 1.29 is 14.3 Å². The summed E-state index contributed by atoms with van der Waals surface area (Å²) >= 11 is 0. The average molecular weight is 338 g/mol. The van der Waals surface area contributed by atoms with Crippen molar-refractivity contribution in [2.24, 2.45) is 0 Å². The normalized spacial score (nSPS) is 12.7. The molecule has 0 aromatic heterocycles. The first-order valence-corrected chi connectivity index (χ1v) is 8.35. The fourth-order valence-corrected chi connectivity index (χ4v) is 2.96. The zero-order valence-electron chi connectivity index (χ0n) is 14.8. The number of amides is 2. The largest absolute Gasteiger partial charge is 0.484 e. The molecule has 0 unspecified atom stereocenters. The molecule has 25 heavy (non-hydrogen) atoms. The van der Waals surface area contributed by atoms with Gasteiger partial charge in [0.2, 0.25) is 5.91 Å². The highest BCUT2D eigenvalue weighted by Gasteiger charge is 2.22. The van der Waals surface area contributed by atoms with Crippen LogP contribution in [0.5, 0.6) is 5.75 Å². The van der Waals surface area contributed by atoms with Gasteiger partial charge in [0.15, 0.2) is 6.61 Å². The van der Waals surface area contributed by atoms with Crippen LogP contribution in [0.3, 0.4) is 0 Å². The number of rotatable bonds is 4. The van der Waals surface area contributed by atoms with Crippen molar-refractivity contribution in [3.05, 3.63) is 53.1 Å². The molecule has 5 heteroatoms. The van der Waals surface area contributed by atoms with E-state index in [1.165, 1.54) is 5.56 Å². The van der Waals surface area contributed by atoms with E-state index in [4.69, 9.17) is 4.74 Å². The molecular formula is C20H22N2O3. The maximum atomic E-state index is 12.1. The van der Waals surface area contributed by atoms with Gasteiger partial charge in [0.25, 0.3) is 5.91 Å². The first-order chi connectivity index (χ1) is 11.9. The van der Waals surface area contributed by atoms with Crippen molar-refractivity contribution in [1.29, 1.82) is 0 Å². The smallest absolute Gasteiger partial charge is 0.262 e. The van der Waals surface area contributed by atoms with Gasteiger partial charge in [0, 0.05) is 24.8 Å². The van der Waals surface area contributed by atoms with Crippen LogP contribution in [0, 0.1) is 13.8 Å². The second-order valence-corrected chi connectivity index (χ2v) is 6.35. The van der Waals surface area contributed by atoms with E-state index in [0.29, 0.717) is 12.3 Å². The number of hydrogen-bond donors (Lipinski definition) is 1. The zero-order valence-corrected chi connectivity index (χ0v) is 14.8. The topological polar surface area (TPSA) is 58.6 Å². The van der Waals surface area contributed by atoms with Gasteiger partial charge in [-0.05, 0) is 67.3 Å². The number of carbonyl (C=O) groups excluding carboxylic acids is 2. The van der Waals surface area contributed by atoms with Crippen LogP contribution in [0.25, 0.3) is 0 Å². The Kier molecular flexibility index (Phi) is 4.74. The molecule has 0 radical (unpaired) electrons. The lowest BCUT2D eigenvalue weighted by Gasteiger charge is -2.15. The van der Waals surface area contributed by atoms with Crippen molar-refractivity contribution in [1.82, 2.24) is 0 Å². The predicted molar refractivity (Wildman–Crippen MR) is 98.2 cm³/mol. The minimum absolute atomic E-state index is 0.0392. The van der Waals surface area contributed by atoms with E-state index < -0.39 is 0 Å². The molecule has 0 saturated heterocycles. The van der Waals surface area contributed by atoms with E-state index in [9.17, 15) is 9.59 Å². The molecule has 130 valence electrons. The second-order valence-electron chi connectivity index (χ2n) is 6.35. The maximum absolute atomic E-state index is 12.1. The molecule has 2 aromatic carbocycles. The standard InChI is InChI=1S/C20H22N2O3/c1-13-4-6-18(10-14(13)2)25-12-20(24)21-17-5-7-19-16(11-17)8-9-22(19)15(3)23/h4-7,10-11H,8-9,12H2,1-3H3,(H,21,24). The highest BCUT2D eigenvalue weighted by atomic mass is 16.5. The van der Waals surface area contributed by atoms with Crippen LogP contribution in [-0.2, 0) is 16.0 Å². The molecule has 2 amide bonds. The molecule has 0 bridgehead atoms. The number of nitrogens with one attached hydrogen (secondary N) is 1. The van der Waals surface area contributed by atoms with Gasteiger partial charge in [-0.15, -0.1) is 0 Å². The Bertz CT molecular complexity index is 830. The van der Waals surface area contributed by atoms with Crippen LogP contribution in [0.15, 0.2) is 36.4 Å². The number of nitrogens with zero attached hydrogens (tertiary/aromatic N) is 1. The Morgan fingerprint density at radius 3 is 2.64 bits per heavy atom. The molecule has 1 aliphatic heterocycles. The van der Waals surface area contributed by atoms with Gasteiger partial charge in [0.1, 0.15) is 5.75 Å². The highest BCUT2D eigenvalue weighted by molar-refractivity contribution is 5.95. The van der Waals surface area contributed by atoms with E-state index in [1.807, 2.05) is 50.2 Å². The summed E-state index contributed by atoms with van der Waals surface area (Å²) in [4.78, 5) is 25.4. The number of benzene rings is 2. The Morgan fingerprint density at radius 2 is 1.92 bits per heavy atom. The van der Waals surface area contributed by atoms with Gasteiger partial charge in [-0.3, -0.25) is 9.59 Å². The molecule has 2 aromatic rings. The van der Waals surface area contributed by atoms with Crippen LogP contribution in [0.1, 0.15) is 23.6 Å². The Labute approximate surface area is 147 Å². The number of carbonyl (C=O) groups is 2. The number of aryl methyl sites for hydroxylation is 2. The highest BCUT2D eigenvalue weighted by Crippen LogP contribution is 2.30. The molecular weight excluding hydrogens is 316 g/mol. The fourth-order valence-electron chi connectivity index (χ4n) is 2.96. The summed E-state index contributed by atoms with van der Waals surface area (Å²) in [6, 6.07) is 11.4. The zero-order chi connectivity index (χ0) is 18.0. The monoisotopic (exact) mass is 338 g/mol. The van der Waals surface area contributed by atoms with Gasteiger partial charge in [0.05, 0.1) is 0 Å². The molecule has 1 N–H and O–H groups in total. The third-order valence-corrected chi connectivity index (χ3v) is 4.49. The van der Waals surface area contributed by atoms with Crippen LogP contribution in [0.4, 0.5) is 11.4 Å². The van der Waals surface area contributed by atoms with E-state index in [2.05, 4.69) is 5.32 Å². The third-order valence-electron chi connectivity index (χ3n) is 4.49. The van der Waals surface area contributed by atoms with E-state index in [-0.39, 0.29) is 18.4 Å². The van der Waals surface area contributed by atoms with E-state index >= 15 is 0 Å². The second kappa shape index (κ2) is 6.97. The van der Waals surface area contributed by atoms with Crippen molar-refractivity contribution in [2.75, 3.05) is 23.4 Å². The Morgan fingerprint density at radius 1 is 1.12 bits per heavy atom. The van der Waals surface area contributed by atoms with Crippen molar-refractivity contribution >= 4 is 23.2 Å². The van der Waals surface area contributed by atoms with Crippen LogP contribution >= 0.6 is 0 Å². The number of anilines is 2. The number of hydrogen-bond acceptors (Lipinski definition) is 3. The Balaban J connectivity index is 1.60. The first kappa shape index (κ1) is 17.0. The van der Waals surface area contributed by atoms with E-state index in [1.54, 1.807) is 11.8 Å². The van der Waals surface area contributed by atoms with Gasteiger partial charge in [-0.25, -0.2) is 0 Å². The molecule has 0 saturated carbocycles. The van der Waals surface area contributed by atoms with E-state index in [0.717, 1.165) is 28.9 Å². The summed E-state index contributed by atoms with van der Waals surface area (Å²) in [6.45, 7) is 6.26. The summed E-state index contributed by atoms with van der Waals surface area (Å²) in [6.07, 6.45) is 0.803. The number of fused-ring (bicyclic) bond motifs is 1. The molecule has 0 fully saturated rings. The van der Waals surface area contributed by atoms with Crippen LogP contribution in [0.2, 0.25) is 0 Å². The average Bonchev–Trinajstić information content (AvgIpc) is 2.99. The van der Waals surface area contributed by atoms with Gasteiger partial charge in [-0.2, -0.15) is 0 Å². The molecule has 0 spiro atoms. The minimum atomic E-state index is -0.209. The third kappa shape index (κ3) is 3.82. The summed E-state index contributed by atoms with van der Waals surface area (Å²) in [7, 11) is 0. The first-order valence-electron chi connectivity index (χ1n) is 8.35. The minimum Gasteiger partial charge on any atom is -0.484 e.